The highest BCUT2D eigenvalue weighted by atomic mass is 35.5. The van der Waals surface area contributed by atoms with Gasteiger partial charge in [-0.15, -0.1) is 13.2 Å². The molecule has 0 fully saturated rings. The average molecular weight is 268 g/mol. The summed E-state index contributed by atoms with van der Waals surface area (Å²) in [5.41, 5.74) is 0.373. The molecule has 1 rings (SSSR count). The minimum absolute atomic E-state index is 0.117. The first-order chi connectivity index (χ1) is 7.70. The summed E-state index contributed by atoms with van der Waals surface area (Å²) >= 11 is 5.31. The topological polar surface area (TPSA) is 29.5 Å². The summed E-state index contributed by atoms with van der Waals surface area (Å²) in [6.45, 7) is 0. The largest absolute Gasteiger partial charge is 0.573 e. The van der Waals surface area contributed by atoms with Gasteiger partial charge in [0.1, 0.15) is 5.75 Å². The van der Waals surface area contributed by atoms with Crippen molar-refractivity contribution >= 4 is 22.5 Å². The Bertz CT molecular complexity index is 432. The van der Waals surface area contributed by atoms with Crippen molar-refractivity contribution in [2.75, 3.05) is 19.0 Å². The van der Waals surface area contributed by atoms with Crippen molar-refractivity contribution < 1.29 is 22.7 Å². The van der Waals surface area contributed by atoms with Crippen LogP contribution in [0.5, 0.6) is 5.75 Å². The Balaban J connectivity index is 3.15. The third-order valence-electron chi connectivity index (χ3n) is 1.90. The Morgan fingerprint density at radius 2 is 1.94 bits per heavy atom. The van der Waals surface area contributed by atoms with Gasteiger partial charge in [-0.3, -0.25) is 4.79 Å². The van der Waals surface area contributed by atoms with Gasteiger partial charge in [0.05, 0.1) is 11.3 Å². The molecule has 3 nitrogen and oxygen atoms in total. The summed E-state index contributed by atoms with van der Waals surface area (Å²) in [6.07, 6.45) is -4.77. The molecule has 0 aliphatic carbocycles. The monoisotopic (exact) mass is 267 g/mol. The number of hydrogen-bond donors (Lipinski definition) is 0. The van der Waals surface area contributed by atoms with E-state index in [-0.39, 0.29) is 11.3 Å². The molecule has 17 heavy (non-hydrogen) atoms. The number of carbonyl (C=O) groups excluding carboxylic acids is 1. The van der Waals surface area contributed by atoms with Gasteiger partial charge in [-0.25, -0.2) is 0 Å². The highest BCUT2D eigenvalue weighted by Crippen LogP contribution is 2.29. The zero-order valence-electron chi connectivity index (χ0n) is 9.01. The van der Waals surface area contributed by atoms with Crippen LogP contribution < -0.4 is 9.64 Å². The Kier molecular flexibility index (Phi) is 3.87. The second-order valence-corrected chi connectivity index (χ2v) is 3.74. The molecule has 0 aromatic heterocycles. The number of alkyl halides is 3. The van der Waals surface area contributed by atoms with Crippen LogP contribution >= 0.6 is 11.6 Å². The van der Waals surface area contributed by atoms with Gasteiger partial charge in [-0.1, -0.05) is 0 Å². The Labute approximate surface area is 101 Å². The van der Waals surface area contributed by atoms with E-state index in [1.165, 1.54) is 11.0 Å². The molecule has 0 N–H and O–H groups in total. The fraction of sp³-hybridized carbons (Fsp3) is 0.300. The minimum atomic E-state index is -4.77. The fourth-order valence-electron chi connectivity index (χ4n) is 1.24. The molecule has 0 unspecified atom stereocenters. The lowest BCUT2D eigenvalue weighted by molar-refractivity contribution is -0.274. The zero-order valence-corrected chi connectivity index (χ0v) is 9.76. The maximum absolute atomic E-state index is 12.0. The number of ether oxygens (including phenoxy) is 1. The third-order valence-corrected chi connectivity index (χ3v) is 2.10. The molecule has 1 aromatic carbocycles. The summed E-state index contributed by atoms with van der Waals surface area (Å²) in [7, 11) is 3.16. The molecule has 0 saturated carbocycles. The predicted molar refractivity (Wildman–Crippen MR) is 57.6 cm³/mol. The van der Waals surface area contributed by atoms with Crippen LogP contribution in [0.2, 0.25) is 0 Å². The van der Waals surface area contributed by atoms with Gasteiger partial charge in [0.15, 0.2) is 0 Å². The van der Waals surface area contributed by atoms with E-state index >= 15 is 0 Å². The number of benzene rings is 1. The van der Waals surface area contributed by atoms with Crippen LogP contribution in [0.25, 0.3) is 0 Å². The Hall–Kier alpha value is -1.43. The first-order valence-corrected chi connectivity index (χ1v) is 4.85. The van der Waals surface area contributed by atoms with Crippen molar-refractivity contribution in [3.63, 3.8) is 0 Å². The van der Waals surface area contributed by atoms with E-state index in [2.05, 4.69) is 4.74 Å². The fourth-order valence-corrected chi connectivity index (χ4v) is 1.40. The van der Waals surface area contributed by atoms with Crippen LogP contribution in [0.15, 0.2) is 18.2 Å². The second kappa shape index (κ2) is 4.83. The molecule has 0 aliphatic heterocycles. The van der Waals surface area contributed by atoms with Crippen LogP contribution in [0, 0.1) is 0 Å². The molecule has 1 aromatic rings. The zero-order chi connectivity index (χ0) is 13.2. The van der Waals surface area contributed by atoms with Crippen LogP contribution in [-0.2, 0) is 0 Å². The molecule has 7 heteroatoms. The number of halogens is 4. The van der Waals surface area contributed by atoms with Crippen molar-refractivity contribution in [2.24, 2.45) is 0 Å². The van der Waals surface area contributed by atoms with E-state index in [1.807, 2.05) is 0 Å². The van der Waals surface area contributed by atoms with E-state index in [9.17, 15) is 18.0 Å². The minimum Gasteiger partial charge on any atom is -0.406 e. The van der Waals surface area contributed by atoms with Gasteiger partial charge in [0.25, 0.3) is 5.24 Å². The summed E-state index contributed by atoms with van der Waals surface area (Å²) in [6, 6.07) is 3.32. The lowest BCUT2D eigenvalue weighted by Gasteiger charge is -2.17. The lowest BCUT2D eigenvalue weighted by atomic mass is 10.1. The average Bonchev–Trinajstić information content (AvgIpc) is 2.14. The molecule has 0 saturated heterocycles. The number of nitrogens with zero attached hydrogens (tertiary/aromatic N) is 1. The SMILES string of the molecule is CN(C)c1cc(OC(F)(F)F)ccc1C(=O)Cl. The maximum Gasteiger partial charge on any atom is 0.573 e. The molecule has 0 radical (unpaired) electrons. The van der Waals surface area contributed by atoms with Crippen LogP contribution in [0.3, 0.4) is 0 Å². The van der Waals surface area contributed by atoms with Gasteiger partial charge in [-0.2, -0.15) is 0 Å². The van der Waals surface area contributed by atoms with Crippen molar-refractivity contribution in [2.45, 2.75) is 6.36 Å². The number of rotatable bonds is 3. The van der Waals surface area contributed by atoms with Crippen molar-refractivity contribution in [1.29, 1.82) is 0 Å². The second-order valence-electron chi connectivity index (χ2n) is 3.39. The van der Waals surface area contributed by atoms with E-state index in [4.69, 9.17) is 11.6 Å². The van der Waals surface area contributed by atoms with E-state index in [0.29, 0.717) is 0 Å². The molecule has 0 spiro atoms. The molecular formula is C10H9ClF3NO2. The molecule has 0 atom stereocenters. The summed E-state index contributed by atoms with van der Waals surface area (Å²) in [4.78, 5) is 12.5. The van der Waals surface area contributed by atoms with E-state index in [1.54, 1.807) is 14.1 Å². The normalized spacial score (nSPS) is 11.2. The van der Waals surface area contributed by atoms with Crippen molar-refractivity contribution in [3.05, 3.63) is 23.8 Å². The maximum atomic E-state index is 12.0. The lowest BCUT2D eigenvalue weighted by Crippen LogP contribution is -2.18. The molecule has 0 amide bonds. The molecule has 94 valence electrons. The van der Waals surface area contributed by atoms with E-state index < -0.39 is 17.4 Å². The van der Waals surface area contributed by atoms with Gasteiger partial charge in [0, 0.05) is 20.2 Å². The van der Waals surface area contributed by atoms with Gasteiger partial charge < -0.3 is 9.64 Å². The quantitative estimate of drug-likeness (QED) is 0.789. The first-order valence-electron chi connectivity index (χ1n) is 4.47. The Morgan fingerprint density at radius 3 is 2.35 bits per heavy atom. The van der Waals surface area contributed by atoms with Crippen molar-refractivity contribution in [1.82, 2.24) is 0 Å². The van der Waals surface area contributed by atoms with Crippen LogP contribution in [0.4, 0.5) is 18.9 Å². The number of hydrogen-bond acceptors (Lipinski definition) is 3. The van der Waals surface area contributed by atoms with Crippen LogP contribution in [-0.4, -0.2) is 25.7 Å². The standard InChI is InChI=1S/C10H9ClF3NO2/c1-15(2)8-5-6(17-10(12,13)14)3-4-7(8)9(11)16/h3-5H,1-2H3. The molecule has 0 aliphatic rings. The van der Waals surface area contributed by atoms with E-state index in [0.717, 1.165) is 12.1 Å². The molecule has 0 bridgehead atoms. The Morgan fingerprint density at radius 1 is 1.35 bits per heavy atom. The molecular weight excluding hydrogens is 259 g/mol. The third kappa shape index (κ3) is 3.81. The number of carbonyl (C=O) groups is 1. The highest BCUT2D eigenvalue weighted by molar-refractivity contribution is 6.68. The highest BCUT2D eigenvalue weighted by Gasteiger charge is 2.31. The van der Waals surface area contributed by atoms with Crippen LogP contribution in [0.1, 0.15) is 10.4 Å². The van der Waals surface area contributed by atoms with Gasteiger partial charge in [-0.05, 0) is 23.7 Å². The van der Waals surface area contributed by atoms with Gasteiger partial charge >= 0.3 is 6.36 Å². The van der Waals surface area contributed by atoms with Crippen molar-refractivity contribution in [3.8, 4) is 5.75 Å². The summed E-state index contributed by atoms with van der Waals surface area (Å²) in [5, 5.41) is -0.743. The number of anilines is 1. The molecule has 0 heterocycles. The van der Waals surface area contributed by atoms with Gasteiger partial charge in [0.2, 0.25) is 0 Å². The summed E-state index contributed by atoms with van der Waals surface area (Å²) < 4.78 is 39.8. The smallest absolute Gasteiger partial charge is 0.406 e. The first kappa shape index (κ1) is 13.6. The predicted octanol–water partition coefficient (Wildman–Crippen LogP) is 3.03. The summed E-state index contributed by atoms with van der Waals surface area (Å²) in [5.74, 6) is -0.400.